The Morgan fingerprint density at radius 3 is 2.40 bits per heavy atom. The number of fused-ring (bicyclic) bond motifs is 1. The summed E-state index contributed by atoms with van der Waals surface area (Å²) in [6, 6.07) is 4.26. The number of alkyl halides is 3. The molecular weight excluding hydrogens is 691 g/mol. The van der Waals surface area contributed by atoms with E-state index in [4.69, 9.17) is 14.7 Å². The first-order chi connectivity index (χ1) is 24.4. The van der Waals surface area contributed by atoms with E-state index in [1.807, 2.05) is 16.8 Å². The summed E-state index contributed by atoms with van der Waals surface area (Å²) in [5.74, 6) is -1.31. The predicted octanol–water partition coefficient (Wildman–Crippen LogP) is 2.03. The van der Waals surface area contributed by atoms with Gasteiger partial charge in [-0.15, -0.1) is 0 Å². The maximum atomic E-state index is 15.6. The van der Waals surface area contributed by atoms with Crippen LogP contribution in [0.5, 0.6) is 0 Å². The fraction of sp³-hybridized carbons (Fsp3) is 0.528. The third kappa shape index (κ3) is 8.23. The SMILES string of the molecule is COCC1(CN(C)c2cc(-c3cnc(C4CC4)c(C(F)(F)F)c3)nc3nc(-c4cnc(N5CCN(CCC(=O)[O-])CC5)c(F)c4)[nH]c23)CCCC1.[Na+]. The van der Waals surface area contributed by atoms with Crippen LogP contribution in [0.2, 0.25) is 0 Å². The Balaban J connectivity index is 0.00000464. The molecule has 0 aromatic carbocycles. The average molecular weight is 733 g/mol. The van der Waals surface area contributed by atoms with Crippen LogP contribution < -0.4 is 44.5 Å². The molecule has 3 aliphatic rings. The first-order valence-electron chi connectivity index (χ1n) is 17.4. The minimum absolute atomic E-state index is 0. The van der Waals surface area contributed by atoms with Gasteiger partial charge >= 0.3 is 35.7 Å². The number of rotatable bonds is 12. The van der Waals surface area contributed by atoms with Gasteiger partial charge in [0, 0.05) is 94.2 Å². The number of nitrogens with one attached hydrogen (secondary N) is 1. The van der Waals surface area contributed by atoms with Gasteiger partial charge in [-0.3, -0.25) is 9.88 Å². The molecule has 0 spiro atoms. The predicted molar refractivity (Wildman–Crippen MR) is 182 cm³/mol. The number of H-pyrrole nitrogens is 1. The Morgan fingerprint density at radius 1 is 1.06 bits per heavy atom. The van der Waals surface area contributed by atoms with Gasteiger partial charge in [-0.2, -0.15) is 13.2 Å². The summed E-state index contributed by atoms with van der Waals surface area (Å²) >= 11 is 0. The van der Waals surface area contributed by atoms with Crippen molar-refractivity contribution in [3.63, 3.8) is 0 Å². The molecule has 1 saturated heterocycles. The van der Waals surface area contributed by atoms with Gasteiger partial charge in [-0.1, -0.05) is 12.8 Å². The first kappa shape index (κ1) is 38.4. The van der Waals surface area contributed by atoms with Crippen LogP contribution in [0.3, 0.4) is 0 Å². The molecule has 5 heterocycles. The summed E-state index contributed by atoms with van der Waals surface area (Å²) in [4.78, 5) is 38.2. The number of carbonyl (C=O) groups is 1. The van der Waals surface area contributed by atoms with Crippen LogP contribution in [0, 0.1) is 11.2 Å². The summed E-state index contributed by atoms with van der Waals surface area (Å²) in [5, 5.41) is 10.8. The molecule has 11 nitrogen and oxygen atoms in total. The number of carboxylic acid groups (broad SMARTS) is 1. The van der Waals surface area contributed by atoms with Crippen LogP contribution in [0.25, 0.3) is 33.8 Å². The van der Waals surface area contributed by atoms with Gasteiger partial charge in [0.15, 0.2) is 17.3 Å². The molecule has 0 atom stereocenters. The molecule has 7 rings (SSSR count). The number of pyridine rings is 3. The molecule has 3 fully saturated rings. The van der Waals surface area contributed by atoms with Crippen molar-refractivity contribution < 1.29 is 61.8 Å². The van der Waals surface area contributed by atoms with Crippen LogP contribution in [0.4, 0.5) is 29.1 Å². The minimum Gasteiger partial charge on any atom is -0.550 e. The van der Waals surface area contributed by atoms with E-state index < -0.39 is 23.5 Å². The van der Waals surface area contributed by atoms with Crippen LogP contribution in [0.1, 0.15) is 62.1 Å². The minimum atomic E-state index is -4.56. The normalized spacial score (nSPS) is 17.8. The number of hydrogen-bond donors (Lipinski definition) is 1. The van der Waals surface area contributed by atoms with Crippen molar-refractivity contribution in [2.75, 3.05) is 69.8 Å². The number of ether oxygens (including phenoxy) is 1. The fourth-order valence-electron chi connectivity index (χ4n) is 7.67. The van der Waals surface area contributed by atoms with Gasteiger partial charge in [-0.25, -0.2) is 19.3 Å². The third-order valence-corrected chi connectivity index (χ3v) is 10.4. The summed E-state index contributed by atoms with van der Waals surface area (Å²) in [7, 11) is 3.64. The van der Waals surface area contributed by atoms with E-state index in [2.05, 4.69) is 19.9 Å². The molecule has 16 heteroatoms. The maximum absolute atomic E-state index is 15.6. The second kappa shape index (κ2) is 15.5. The Bertz CT molecular complexity index is 1910. The zero-order valence-electron chi connectivity index (χ0n) is 29.7. The average Bonchev–Trinajstić information content (AvgIpc) is 3.70. The van der Waals surface area contributed by atoms with E-state index in [1.165, 1.54) is 18.5 Å². The number of aromatic amines is 1. The maximum Gasteiger partial charge on any atom is 1.00 e. The van der Waals surface area contributed by atoms with E-state index in [-0.39, 0.29) is 70.0 Å². The van der Waals surface area contributed by atoms with Gasteiger partial charge < -0.3 is 29.4 Å². The van der Waals surface area contributed by atoms with Gasteiger partial charge in [0.1, 0.15) is 11.3 Å². The Hall–Kier alpha value is -3.37. The number of aliphatic carboxylic acids is 1. The van der Waals surface area contributed by atoms with Gasteiger partial charge in [0.05, 0.1) is 29.2 Å². The molecule has 0 amide bonds. The van der Waals surface area contributed by atoms with Crippen molar-refractivity contribution in [1.29, 1.82) is 0 Å². The van der Waals surface area contributed by atoms with Crippen molar-refractivity contribution in [3.8, 4) is 22.6 Å². The van der Waals surface area contributed by atoms with E-state index >= 15 is 4.39 Å². The zero-order chi connectivity index (χ0) is 35.9. The smallest absolute Gasteiger partial charge is 0.550 e. The van der Waals surface area contributed by atoms with E-state index in [0.717, 1.165) is 31.7 Å². The van der Waals surface area contributed by atoms with Crippen molar-refractivity contribution >= 4 is 28.6 Å². The molecule has 1 aliphatic heterocycles. The fourth-order valence-corrected chi connectivity index (χ4v) is 7.67. The molecule has 272 valence electrons. The molecule has 52 heavy (non-hydrogen) atoms. The molecule has 0 unspecified atom stereocenters. The first-order valence-corrected chi connectivity index (χ1v) is 17.4. The Labute approximate surface area is 321 Å². The standard InChI is InChI=1S/C36H42F4N8O3.Na/c1-46(20-35(21-51-2)8-3-4-9-35)28-17-27(23-15-25(36(38,39)40)30(41-18-23)22-5-6-22)43-33-31(28)44-32(45-33)24-16-26(37)34(42-19-24)48-13-11-47(12-14-48)10-7-29(49)50;/h15-19,22H,3-14,20-21H2,1-2H3,(H,49,50)(H,43,44,45);/q;+1/p-1. The van der Waals surface area contributed by atoms with E-state index in [0.29, 0.717) is 87.0 Å². The van der Waals surface area contributed by atoms with Crippen LogP contribution in [-0.2, 0) is 15.7 Å². The summed E-state index contributed by atoms with van der Waals surface area (Å²) in [6.07, 6.45) is 3.92. The summed E-state index contributed by atoms with van der Waals surface area (Å²) in [5.41, 5.74) is 1.70. The molecule has 0 radical (unpaired) electrons. The van der Waals surface area contributed by atoms with Gasteiger partial charge in [-0.05, 0) is 50.3 Å². The molecular formula is C36H41F4N8NaO3. The molecule has 2 aliphatic carbocycles. The van der Waals surface area contributed by atoms with Crippen LogP contribution >= 0.6 is 0 Å². The monoisotopic (exact) mass is 732 g/mol. The molecule has 4 aromatic heterocycles. The largest absolute Gasteiger partial charge is 1.00 e. The topological polar surface area (TPSA) is 126 Å². The summed E-state index contributed by atoms with van der Waals surface area (Å²) < 4.78 is 63.9. The van der Waals surface area contributed by atoms with Crippen LogP contribution in [-0.4, -0.2) is 95.8 Å². The quantitative estimate of drug-likeness (QED) is 0.171. The number of carbonyl (C=O) groups excluding carboxylic acids is 1. The number of halogens is 4. The number of aromatic nitrogens is 5. The number of methoxy groups -OCH3 is 1. The summed E-state index contributed by atoms with van der Waals surface area (Å²) in [6.45, 7) is 3.72. The van der Waals surface area contributed by atoms with Crippen LogP contribution in [0.15, 0.2) is 30.6 Å². The van der Waals surface area contributed by atoms with Crippen molar-refractivity contribution in [2.24, 2.45) is 5.41 Å². The number of piperazine rings is 1. The zero-order valence-corrected chi connectivity index (χ0v) is 31.7. The third-order valence-electron chi connectivity index (χ3n) is 10.4. The van der Waals surface area contributed by atoms with E-state index in [9.17, 15) is 23.1 Å². The number of hydrogen-bond acceptors (Lipinski definition) is 10. The second-order valence-electron chi connectivity index (χ2n) is 14.2. The van der Waals surface area contributed by atoms with Gasteiger partial charge in [0.25, 0.3) is 0 Å². The van der Waals surface area contributed by atoms with Crippen molar-refractivity contribution in [1.82, 2.24) is 29.8 Å². The van der Waals surface area contributed by atoms with Crippen molar-refractivity contribution in [3.05, 3.63) is 47.7 Å². The number of imidazole rings is 1. The number of anilines is 2. The van der Waals surface area contributed by atoms with E-state index in [1.54, 1.807) is 13.2 Å². The second-order valence-corrected chi connectivity index (χ2v) is 14.2. The molecule has 0 bridgehead atoms. The van der Waals surface area contributed by atoms with Crippen molar-refractivity contribution in [2.45, 2.75) is 57.0 Å². The number of nitrogens with zero attached hydrogens (tertiary/aromatic N) is 7. The molecule has 2 saturated carbocycles. The number of carboxylic acids is 1. The molecule has 1 N–H and O–H groups in total. The molecule has 4 aromatic rings. The Morgan fingerprint density at radius 2 is 1.77 bits per heavy atom. The van der Waals surface area contributed by atoms with Gasteiger partial charge in [0.2, 0.25) is 0 Å². The Kier molecular flexibility index (Phi) is 11.5.